The van der Waals surface area contributed by atoms with Crippen molar-refractivity contribution in [2.45, 2.75) is 11.5 Å². The number of ether oxygens (including phenoxy) is 1. The van der Waals surface area contributed by atoms with Gasteiger partial charge < -0.3 is 4.74 Å². The van der Waals surface area contributed by atoms with Crippen molar-refractivity contribution in [1.82, 2.24) is 4.98 Å². The molecule has 0 aliphatic heterocycles. The highest BCUT2D eigenvalue weighted by Crippen LogP contribution is 2.22. The van der Waals surface area contributed by atoms with E-state index in [0.29, 0.717) is 10.7 Å². The van der Waals surface area contributed by atoms with Crippen molar-refractivity contribution in [3.05, 3.63) is 57.8 Å². The Morgan fingerprint density at radius 3 is 2.55 bits per heavy atom. The third-order valence-electron chi connectivity index (χ3n) is 2.74. The van der Waals surface area contributed by atoms with Crippen LogP contribution in [0.25, 0.3) is 0 Å². The van der Waals surface area contributed by atoms with Gasteiger partial charge in [0.15, 0.2) is 9.84 Å². The minimum atomic E-state index is -3.44. The Labute approximate surface area is 137 Å². The lowest BCUT2D eigenvalue weighted by atomic mass is 10.2. The van der Waals surface area contributed by atoms with Crippen LogP contribution in [0.1, 0.15) is 15.9 Å². The zero-order valence-corrected chi connectivity index (χ0v) is 13.7. The van der Waals surface area contributed by atoms with Crippen molar-refractivity contribution in [2.75, 3.05) is 6.26 Å². The molecule has 8 heteroatoms. The summed E-state index contributed by atoms with van der Waals surface area (Å²) in [5.41, 5.74) is 0.639. The molecule has 1 heterocycles. The van der Waals surface area contributed by atoms with E-state index in [1.807, 2.05) is 0 Å². The molecule has 0 saturated carbocycles. The lowest BCUT2D eigenvalue weighted by Crippen LogP contribution is -2.08. The zero-order chi connectivity index (χ0) is 16.3. The molecule has 0 radical (unpaired) electrons. The van der Waals surface area contributed by atoms with Gasteiger partial charge in [-0.05, 0) is 24.3 Å². The number of hydrogen-bond donors (Lipinski definition) is 0. The molecule has 0 spiro atoms. The number of esters is 1. The summed E-state index contributed by atoms with van der Waals surface area (Å²) in [6, 6.07) is 7.11. The number of carbonyl (C=O) groups excluding carboxylic acids is 1. The lowest BCUT2D eigenvalue weighted by molar-refractivity contribution is 0.0472. The number of benzene rings is 1. The predicted molar refractivity (Wildman–Crippen MR) is 82.9 cm³/mol. The summed E-state index contributed by atoms with van der Waals surface area (Å²) < 4.78 is 28.1. The van der Waals surface area contributed by atoms with Gasteiger partial charge in [0.05, 0.1) is 15.5 Å². The molecule has 0 saturated heterocycles. The van der Waals surface area contributed by atoms with Gasteiger partial charge in [0.1, 0.15) is 11.8 Å². The fraction of sp³-hybridized carbons (Fsp3) is 0.143. The van der Waals surface area contributed by atoms with Crippen LogP contribution in [-0.4, -0.2) is 25.6 Å². The van der Waals surface area contributed by atoms with Crippen LogP contribution >= 0.6 is 23.2 Å². The predicted octanol–water partition coefficient (Wildman–Crippen LogP) is 3.15. The van der Waals surface area contributed by atoms with E-state index in [4.69, 9.17) is 27.9 Å². The van der Waals surface area contributed by atoms with Crippen LogP contribution in [0.3, 0.4) is 0 Å². The molecule has 0 unspecified atom stereocenters. The Bertz CT molecular complexity index is 804. The molecular weight excluding hydrogens is 349 g/mol. The van der Waals surface area contributed by atoms with Gasteiger partial charge in [0, 0.05) is 18.0 Å². The second-order valence-corrected chi connectivity index (χ2v) is 7.29. The van der Waals surface area contributed by atoms with Gasteiger partial charge in [-0.15, -0.1) is 0 Å². The van der Waals surface area contributed by atoms with E-state index in [1.54, 1.807) is 12.1 Å². The molecule has 0 N–H and O–H groups in total. The van der Waals surface area contributed by atoms with Gasteiger partial charge >= 0.3 is 5.97 Å². The van der Waals surface area contributed by atoms with E-state index in [0.717, 1.165) is 6.26 Å². The first-order valence-electron chi connectivity index (χ1n) is 6.04. The van der Waals surface area contributed by atoms with Gasteiger partial charge in [-0.25, -0.2) is 18.2 Å². The van der Waals surface area contributed by atoms with E-state index in [1.165, 1.54) is 24.4 Å². The fourth-order valence-corrected chi connectivity index (χ4v) is 2.56. The molecule has 0 amide bonds. The molecule has 2 rings (SSSR count). The molecule has 1 aromatic heterocycles. The average molecular weight is 360 g/mol. The monoisotopic (exact) mass is 359 g/mol. The summed E-state index contributed by atoms with van der Waals surface area (Å²) in [6.45, 7) is -0.0254. The maximum atomic E-state index is 12.0. The molecule has 5 nitrogen and oxygen atoms in total. The molecule has 0 fully saturated rings. The summed E-state index contributed by atoms with van der Waals surface area (Å²) in [7, 11) is -3.44. The van der Waals surface area contributed by atoms with Crippen LogP contribution in [0.5, 0.6) is 0 Å². The molecule has 0 aliphatic carbocycles. The third-order valence-corrected chi connectivity index (χ3v) is 4.41. The van der Waals surface area contributed by atoms with Crippen LogP contribution in [0.4, 0.5) is 0 Å². The Morgan fingerprint density at radius 2 is 1.95 bits per heavy atom. The third kappa shape index (κ3) is 4.19. The first kappa shape index (κ1) is 16.7. The summed E-state index contributed by atoms with van der Waals surface area (Å²) >= 11 is 11.6. The van der Waals surface area contributed by atoms with Crippen LogP contribution in [-0.2, 0) is 21.2 Å². The highest BCUT2D eigenvalue weighted by atomic mass is 35.5. The smallest absolute Gasteiger partial charge is 0.340 e. The van der Waals surface area contributed by atoms with Crippen molar-refractivity contribution in [1.29, 1.82) is 0 Å². The van der Waals surface area contributed by atoms with Crippen LogP contribution in [0.15, 0.2) is 41.4 Å². The van der Waals surface area contributed by atoms with Crippen molar-refractivity contribution >= 4 is 39.0 Å². The first-order chi connectivity index (χ1) is 10.3. The van der Waals surface area contributed by atoms with Gasteiger partial charge in [-0.1, -0.05) is 29.3 Å². The van der Waals surface area contributed by atoms with E-state index in [2.05, 4.69) is 4.98 Å². The van der Waals surface area contributed by atoms with Gasteiger partial charge in [0.2, 0.25) is 0 Å². The zero-order valence-electron chi connectivity index (χ0n) is 11.4. The number of hydrogen-bond acceptors (Lipinski definition) is 5. The minimum absolute atomic E-state index is 0.00277. The number of nitrogens with zero attached hydrogens (tertiary/aromatic N) is 1. The van der Waals surface area contributed by atoms with Crippen LogP contribution in [0, 0.1) is 0 Å². The first-order valence-corrected chi connectivity index (χ1v) is 8.69. The van der Waals surface area contributed by atoms with Gasteiger partial charge in [0.25, 0.3) is 0 Å². The van der Waals surface area contributed by atoms with Crippen LogP contribution < -0.4 is 0 Å². The number of rotatable bonds is 4. The Balaban J connectivity index is 2.17. The summed E-state index contributed by atoms with van der Waals surface area (Å²) in [4.78, 5) is 15.9. The maximum Gasteiger partial charge on any atom is 0.340 e. The number of halogens is 2. The van der Waals surface area contributed by atoms with Crippen molar-refractivity contribution in [2.24, 2.45) is 0 Å². The number of pyridine rings is 1. The molecule has 22 heavy (non-hydrogen) atoms. The SMILES string of the molecule is CS(=O)(=O)c1ccc(Cl)c(C(=O)OCc2ccc(Cl)nc2)c1. The summed E-state index contributed by atoms with van der Waals surface area (Å²) in [6.07, 6.45) is 2.52. The number of sulfone groups is 1. The number of carbonyl (C=O) groups is 1. The molecule has 116 valence electrons. The maximum absolute atomic E-state index is 12.0. The molecule has 0 atom stereocenters. The van der Waals surface area contributed by atoms with Gasteiger partial charge in [-0.2, -0.15) is 0 Å². The van der Waals surface area contributed by atoms with Gasteiger partial charge in [-0.3, -0.25) is 0 Å². The van der Waals surface area contributed by atoms with Crippen molar-refractivity contribution < 1.29 is 17.9 Å². The van der Waals surface area contributed by atoms with E-state index >= 15 is 0 Å². The van der Waals surface area contributed by atoms with E-state index in [-0.39, 0.29) is 22.1 Å². The van der Waals surface area contributed by atoms with E-state index in [9.17, 15) is 13.2 Å². The topological polar surface area (TPSA) is 73.3 Å². The molecular formula is C14H11Cl2NO4S. The second kappa shape index (κ2) is 6.64. The largest absolute Gasteiger partial charge is 0.457 e. The quantitative estimate of drug-likeness (QED) is 0.619. The van der Waals surface area contributed by atoms with Crippen molar-refractivity contribution in [3.63, 3.8) is 0 Å². The Morgan fingerprint density at radius 1 is 1.23 bits per heavy atom. The second-order valence-electron chi connectivity index (χ2n) is 4.48. The normalized spacial score (nSPS) is 11.2. The van der Waals surface area contributed by atoms with Crippen molar-refractivity contribution in [3.8, 4) is 0 Å². The van der Waals surface area contributed by atoms with E-state index < -0.39 is 15.8 Å². The molecule has 2 aromatic rings. The lowest BCUT2D eigenvalue weighted by Gasteiger charge is -2.08. The standard InChI is InChI=1S/C14H11Cl2NO4S/c1-22(19,20)10-3-4-12(15)11(6-10)14(18)21-8-9-2-5-13(16)17-7-9/h2-7H,8H2,1H3. The summed E-state index contributed by atoms with van der Waals surface area (Å²) in [5.74, 6) is -0.717. The summed E-state index contributed by atoms with van der Waals surface area (Å²) in [5, 5.41) is 0.450. The van der Waals surface area contributed by atoms with Crippen LogP contribution in [0.2, 0.25) is 10.2 Å². The molecule has 0 bridgehead atoms. The Hall–Kier alpha value is -1.63. The molecule has 0 aliphatic rings. The highest BCUT2D eigenvalue weighted by molar-refractivity contribution is 7.90. The fourth-order valence-electron chi connectivity index (χ4n) is 1.61. The molecule has 1 aromatic carbocycles. The number of aromatic nitrogens is 1. The Kier molecular flexibility index (Phi) is 5.05. The highest BCUT2D eigenvalue weighted by Gasteiger charge is 2.16. The average Bonchev–Trinajstić information content (AvgIpc) is 2.45. The minimum Gasteiger partial charge on any atom is -0.457 e.